The number of furan rings is 1. The Hall–Kier alpha value is -2.02. The summed E-state index contributed by atoms with van der Waals surface area (Å²) in [4.78, 5) is 26.0. The lowest BCUT2D eigenvalue weighted by Crippen LogP contribution is -2.45. The molecule has 1 aliphatic heterocycles. The zero-order valence-electron chi connectivity index (χ0n) is 13.7. The van der Waals surface area contributed by atoms with Crippen LogP contribution in [0, 0.1) is 6.92 Å². The Bertz CT molecular complexity index is 528. The molecule has 1 aromatic rings. The number of carbonyl (C=O) groups excluding carboxylic acids is 2. The van der Waals surface area contributed by atoms with E-state index in [1.165, 1.54) is 6.26 Å². The van der Waals surface area contributed by atoms with E-state index in [9.17, 15) is 9.59 Å². The average molecular weight is 324 g/mol. The molecule has 0 saturated carbocycles. The Morgan fingerprint density at radius 2 is 2.22 bits per heavy atom. The number of nitrogens with zero attached hydrogens (tertiary/aromatic N) is 1. The Kier molecular flexibility index (Phi) is 6.46. The van der Waals surface area contributed by atoms with E-state index in [1.807, 2.05) is 0 Å². The summed E-state index contributed by atoms with van der Waals surface area (Å²) in [5, 5.41) is 2.98. The van der Waals surface area contributed by atoms with Crippen molar-refractivity contribution in [2.75, 3.05) is 33.4 Å². The van der Waals surface area contributed by atoms with E-state index in [0.29, 0.717) is 31.0 Å². The number of hydrogen-bond acceptors (Lipinski definition) is 5. The normalized spacial score (nSPS) is 18.3. The first-order valence-electron chi connectivity index (χ1n) is 7.87. The van der Waals surface area contributed by atoms with E-state index < -0.39 is 0 Å². The maximum Gasteiger partial charge on any atom is 0.409 e. The van der Waals surface area contributed by atoms with Crippen LogP contribution in [0.25, 0.3) is 0 Å². The van der Waals surface area contributed by atoms with Crippen molar-refractivity contribution in [2.24, 2.45) is 0 Å². The summed E-state index contributed by atoms with van der Waals surface area (Å²) in [5.74, 6) is 0.419. The molecule has 7 heteroatoms. The standard InChI is InChI=1S/C16H24N2O5/c1-12-14(6-8-22-12)15(19)17-13-5-3-4-7-18(11-13)16(20)23-10-9-21-2/h6,8,13H,3-5,7,9-11H2,1-2H3,(H,17,19)/t13-/m0/s1. The van der Waals surface area contributed by atoms with Crippen LogP contribution in [0.3, 0.4) is 0 Å². The van der Waals surface area contributed by atoms with Gasteiger partial charge in [0.05, 0.1) is 18.4 Å². The minimum atomic E-state index is -0.359. The molecule has 2 amide bonds. The van der Waals surface area contributed by atoms with Crippen molar-refractivity contribution in [1.29, 1.82) is 0 Å². The van der Waals surface area contributed by atoms with Crippen molar-refractivity contribution >= 4 is 12.0 Å². The van der Waals surface area contributed by atoms with Gasteiger partial charge in [-0.15, -0.1) is 0 Å². The number of amides is 2. The number of methoxy groups -OCH3 is 1. The lowest BCUT2D eigenvalue weighted by Gasteiger charge is -2.24. The highest BCUT2D eigenvalue weighted by molar-refractivity contribution is 5.95. The number of carbonyl (C=O) groups is 2. The van der Waals surface area contributed by atoms with Gasteiger partial charge in [-0.05, 0) is 32.3 Å². The molecule has 23 heavy (non-hydrogen) atoms. The van der Waals surface area contributed by atoms with Crippen LogP contribution in [-0.2, 0) is 9.47 Å². The molecule has 2 heterocycles. The van der Waals surface area contributed by atoms with E-state index >= 15 is 0 Å². The van der Waals surface area contributed by atoms with E-state index in [2.05, 4.69) is 5.32 Å². The fourth-order valence-electron chi connectivity index (χ4n) is 2.61. The summed E-state index contributed by atoms with van der Waals surface area (Å²) in [6.45, 7) is 3.45. The smallest absolute Gasteiger partial charge is 0.409 e. The second kappa shape index (κ2) is 8.57. The lowest BCUT2D eigenvalue weighted by atomic mass is 10.1. The second-order valence-electron chi connectivity index (χ2n) is 5.61. The number of hydrogen-bond donors (Lipinski definition) is 1. The minimum Gasteiger partial charge on any atom is -0.469 e. The molecular weight excluding hydrogens is 300 g/mol. The van der Waals surface area contributed by atoms with E-state index in [4.69, 9.17) is 13.9 Å². The van der Waals surface area contributed by atoms with Crippen LogP contribution in [0.5, 0.6) is 0 Å². The van der Waals surface area contributed by atoms with E-state index in [1.54, 1.807) is 25.0 Å². The van der Waals surface area contributed by atoms with Crippen molar-refractivity contribution in [3.63, 3.8) is 0 Å². The average Bonchev–Trinajstić information content (AvgIpc) is 2.82. The largest absolute Gasteiger partial charge is 0.469 e. The number of rotatable bonds is 5. The molecule has 1 aromatic heterocycles. The van der Waals surface area contributed by atoms with Gasteiger partial charge in [0, 0.05) is 26.2 Å². The highest BCUT2D eigenvalue weighted by atomic mass is 16.6. The predicted octanol–water partition coefficient (Wildman–Crippen LogP) is 1.96. The van der Waals surface area contributed by atoms with Gasteiger partial charge in [-0.2, -0.15) is 0 Å². The Morgan fingerprint density at radius 1 is 1.39 bits per heavy atom. The molecular formula is C16H24N2O5. The van der Waals surface area contributed by atoms with Crippen molar-refractivity contribution in [3.05, 3.63) is 23.7 Å². The van der Waals surface area contributed by atoms with Crippen molar-refractivity contribution in [3.8, 4) is 0 Å². The van der Waals surface area contributed by atoms with Crippen LogP contribution in [-0.4, -0.2) is 56.4 Å². The molecule has 1 saturated heterocycles. The Balaban J connectivity index is 1.90. The van der Waals surface area contributed by atoms with Gasteiger partial charge in [-0.1, -0.05) is 0 Å². The molecule has 7 nitrogen and oxygen atoms in total. The topological polar surface area (TPSA) is 81.0 Å². The van der Waals surface area contributed by atoms with Crippen LogP contribution in [0.15, 0.2) is 16.7 Å². The maximum absolute atomic E-state index is 12.3. The van der Waals surface area contributed by atoms with Crippen LogP contribution in [0.2, 0.25) is 0 Å². The van der Waals surface area contributed by atoms with E-state index in [0.717, 1.165) is 19.3 Å². The first-order valence-corrected chi connectivity index (χ1v) is 7.87. The number of nitrogens with one attached hydrogen (secondary N) is 1. The van der Waals surface area contributed by atoms with Crippen LogP contribution in [0.4, 0.5) is 4.79 Å². The molecule has 1 aliphatic rings. The molecule has 1 fully saturated rings. The van der Waals surface area contributed by atoms with Crippen LogP contribution < -0.4 is 5.32 Å². The van der Waals surface area contributed by atoms with Gasteiger partial charge in [-0.3, -0.25) is 4.79 Å². The Labute approximate surface area is 135 Å². The molecule has 0 radical (unpaired) electrons. The number of aryl methyl sites for hydroxylation is 1. The lowest BCUT2D eigenvalue weighted by molar-refractivity contribution is 0.0697. The predicted molar refractivity (Wildman–Crippen MR) is 83.3 cm³/mol. The molecule has 0 unspecified atom stereocenters. The van der Waals surface area contributed by atoms with Gasteiger partial charge >= 0.3 is 6.09 Å². The third-order valence-corrected chi connectivity index (χ3v) is 3.88. The van der Waals surface area contributed by atoms with E-state index in [-0.39, 0.29) is 24.6 Å². The summed E-state index contributed by atoms with van der Waals surface area (Å²) in [6.07, 6.45) is 3.83. The molecule has 2 rings (SSSR count). The molecule has 0 spiro atoms. The molecule has 1 N–H and O–H groups in total. The molecule has 1 atom stereocenters. The highest BCUT2D eigenvalue weighted by Crippen LogP contribution is 2.14. The summed E-state index contributed by atoms with van der Waals surface area (Å²) >= 11 is 0. The SMILES string of the molecule is COCCOC(=O)N1CCCC[C@H](NC(=O)c2ccoc2C)C1. The zero-order valence-corrected chi connectivity index (χ0v) is 13.7. The van der Waals surface area contributed by atoms with Crippen molar-refractivity contribution in [2.45, 2.75) is 32.2 Å². The molecule has 0 aromatic carbocycles. The van der Waals surface area contributed by atoms with Gasteiger partial charge in [-0.25, -0.2) is 4.79 Å². The summed E-state index contributed by atoms with van der Waals surface area (Å²) in [6, 6.07) is 1.56. The Morgan fingerprint density at radius 3 is 2.91 bits per heavy atom. The number of ether oxygens (including phenoxy) is 2. The molecule has 128 valence electrons. The quantitative estimate of drug-likeness (QED) is 0.837. The summed E-state index contributed by atoms with van der Waals surface area (Å²) in [5.41, 5.74) is 0.531. The zero-order chi connectivity index (χ0) is 16.7. The fraction of sp³-hybridized carbons (Fsp3) is 0.625. The van der Waals surface area contributed by atoms with Gasteiger partial charge < -0.3 is 24.1 Å². The molecule has 0 bridgehead atoms. The first-order chi connectivity index (χ1) is 11.1. The highest BCUT2D eigenvalue weighted by Gasteiger charge is 2.25. The van der Waals surface area contributed by atoms with Crippen LogP contribution >= 0.6 is 0 Å². The van der Waals surface area contributed by atoms with Crippen molar-refractivity contribution in [1.82, 2.24) is 10.2 Å². The van der Waals surface area contributed by atoms with Gasteiger partial charge in [0.2, 0.25) is 0 Å². The van der Waals surface area contributed by atoms with Gasteiger partial charge in [0.25, 0.3) is 5.91 Å². The number of likely N-dealkylation sites (tertiary alicyclic amines) is 1. The molecule has 0 aliphatic carbocycles. The third-order valence-electron chi connectivity index (χ3n) is 3.88. The van der Waals surface area contributed by atoms with Gasteiger partial charge in [0.15, 0.2) is 0 Å². The maximum atomic E-state index is 12.3. The van der Waals surface area contributed by atoms with Crippen molar-refractivity contribution < 1.29 is 23.5 Å². The summed E-state index contributed by atoms with van der Waals surface area (Å²) in [7, 11) is 1.56. The second-order valence-corrected chi connectivity index (χ2v) is 5.61. The minimum absolute atomic E-state index is 0.0886. The summed E-state index contributed by atoms with van der Waals surface area (Å²) < 4.78 is 15.2. The monoisotopic (exact) mass is 324 g/mol. The first kappa shape index (κ1) is 17.3. The fourth-order valence-corrected chi connectivity index (χ4v) is 2.61. The van der Waals surface area contributed by atoms with Crippen LogP contribution in [0.1, 0.15) is 35.4 Å². The van der Waals surface area contributed by atoms with Gasteiger partial charge in [0.1, 0.15) is 12.4 Å². The third kappa shape index (κ3) is 4.99.